The fourth-order valence-electron chi connectivity index (χ4n) is 3.78. The lowest BCUT2D eigenvalue weighted by molar-refractivity contribution is 0.102. The topological polar surface area (TPSA) is 140 Å². The lowest BCUT2D eigenvalue weighted by atomic mass is 10.1. The van der Waals surface area contributed by atoms with Crippen molar-refractivity contribution < 1.29 is 23.4 Å². The highest BCUT2D eigenvalue weighted by Gasteiger charge is 2.22. The molecule has 0 aliphatic carbocycles. The summed E-state index contributed by atoms with van der Waals surface area (Å²) in [5.41, 5.74) is 10.2. The molecule has 4 rings (SSSR count). The van der Waals surface area contributed by atoms with Gasteiger partial charge in [0.25, 0.3) is 5.91 Å². The molecule has 0 saturated heterocycles. The number of carbonyl (C=O) groups excluding carboxylic acids is 1. The van der Waals surface area contributed by atoms with Gasteiger partial charge in [-0.25, -0.2) is 9.67 Å². The maximum atomic E-state index is 12.8. The number of hydrogen-bond acceptors (Lipinski definition) is 9. The predicted molar refractivity (Wildman–Crippen MR) is 134 cm³/mol. The summed E-state index contributed by atoms with van der Waals surface area (Å²) in [6.45, 7) is 5.85. The molecule has 0 aliphatic heterocycles. The molecule has 11 nitrogen and oxygen atoms in total. The van der Waals surface area contributed by atoms with Crippen molar-refractivity contribution >= 4 is 17.4 Å². The van der Waals surface area contributed by atoms with Gasteiger partial charge < -0.3 is 29.7 Å². The van der Waals surface area contributed by atoms with Gasteiger partial charge in [0.05, 0.1) is 27.9 Å². The Labute approximate surface area is 208 Å². The number of anilines is 2. The lowest BCUT2D eigenvalue weighted by Gasteiger charge is -2.12. The van der Waals surface area contributed by atoms with E-state index in [1.165, 1.54) is 26.0 Å². The molecule has 0 bridgehead atoms. The molecule has 0 atom stereocenters. The van der Waals surface area contributed by atoms with Crippen LogP contribution >= 0.6 is 0 Å². The van der Waals surface area contributed by atoms with Gasteiger partial charge in [-0.1, -0.05) is 22.9 Å². The number of methoxy groups -OCH3 is 3. The molecule has 4 aromatic rings. The normalized spacial score (nSPS) is 10.8. The van der Waals surface area contributed by atoms with Crippen LogP contribution < -0.4 is 25.3 Å². The quantitative estimate of drug-likeness (QED) is 0.376. The minimum atomic E-state index is -0.444. The van der Waals surface area contributed by atoms with Crippen molar-refractivity contribution in [1.29, 1.82) is 0 Å². The molecule has 0 unspecified atom stereocenters. The van der Waals surface area contributed by atoms with E-state index < -0.39 is 5.91 Å². The summed E-state index contributed by atoms with van der Waals surface area (Å²) in [4.78, 5) is 17.4. The number of benzene rings is 2. The zero-order chi connectivity index (χ0) is 26.0. The highest BCUT2D eigenvalue weighted by molar-refractivity contribution is 6.06. The third-order valence-corrected chi connectivity index (χ3v) is 5.72. The molecule has 2 aromatic heterocycles. The number of ether oxygens (including phenoxy) is 3. The lowest BCUT2D eigenvalue weighted by Crippen LogP contribution is -2.16. The summed E-state index contributed by atoms with van der Waals surface area (Å²) >= 11 is 0. The van der Waals surface area contributed by atoms with Gasteiger partial charge >= 0.3 is 0 Å². The molecule has 2 heterocycles. The van der Waals surface area contributed by atoms with E-state index in [-0.39, 0.29) is 18.1 Å². The number of nitrogens with two attached hydrogens (primary N) is 1. The van der Waals surface area contributed by atoms with Gasteiger partial charge in [-0.15, -0.1) is 5.10 Å². The van der Waals surface area contributed by atoms with Crippen LogP contribution in [0.4, 0.5) is 11.5 Å². The molecule has 188 valence electrons. The van der Waals surface area contributed by atoms with Crippen LogP contribution in [-0.2, 0) is 6.54 Å². The second-order valence-corrected chi connectivity index (χ2v) is 8.19. The van der Waals surface area contributed by atoms with Gasteiger partial charge in [-0.05, 0) is 44.5 Å². The third kappa shape index (κ3) is 4.67. The minimum Gasteiger partial charge on any atom is -0.493 e. The van der Waals surface area contributed by atoms with Crippen molar-refractivity contribution in [3.63, 3.8) is 0 Å². The van der Waals surface area contributed by atoms with Crippen LogP contribution in [0.3, 0.4) is 0 Å². The summed E-state index contributed by atoms with van der Waals surface area (Å²) in [5.74, 6) is 2.01. The van der Waals surface area contributed by atoms with Gasteiger partial charge in [0.1, 0.15) is 11.5 Å². The first kappa shape index (κ1) is 24.6. The maximum absolute atomic E-state index is 12.8. The Morgan fingerprint density at radius 1 is 1.06 bits per heavy atom. The van der Waals surface area contributed by atoms with Crippen LogP contribution in [0, 0.1) is 20.8 Å². The van der Waals surface area contributed by atoms with Crippen LogP contribution in [0.15, 0.2) is 34.7 Å². The number of carbonyl (C=O) groups is 1. The second kappa shape index (κ2) is 9.98. The van der Waals surface area contributed by atoms with E-state index >= 15 is 0 Å². The minimum absolute atomic E-state index is 0.0287. The molecular weight excluding hydrogens is 464 g/mol. The molecule has 2 aromatic carbocycles. The number of aromatic nitrogens is 4. The molecule has 0 fully saturated rings. The number of nitrogens with one attached hydrogen (secondary N) is 1. The predicted octanol–water partition coefficient (Wildman–Crippen LogP) is 3.77. The Kier molecular flexibility index (Phi) is 6.82. The third-order valence-electron chi connectivity index (χ3n) is 5.72. The Hall–Kier alpha value is -4.54. The number of rotatable bonds is 8. The molecular formula is C25H28N6O5. The zero-order valence-corrected chi connectivity index (χ0v) is 21.0. The molecule has 0 aliphatic rings. The summed E-state index contributed by atoms with van der Waals surface area (Å²) in [6.07, 6.45) is 0. The van der Waals surface area contributed by atoms with Gasteiger partial charge in [0.15, 0.2) is 23.0 Å². The number of amides is 1. The van der Waals surface area contributed by atoms with Crippen molar-refractivity contribution in [2.75, 3.05) is 32.4 Å². The smallest absolute Gasteiger partial charge is 0.280 e. The molecule has 0 spiro atoms. The van der Waals surface area contributed by atoms with E-state index in [4.69, 9.17) is 24.4 Å². The highest BCUT2D eigenvalue weighted by atomic mass is 16.5. The Bertz CT molecular complexity index is 1400. The summed E-state index contributed by atoms with van der Waals surface area (Å²) < 4.78 is 23.5. The number of oxazole rings is 1. The average Bonchev–Trinajstić information content (AvgIpc) is 3.42. The number of aryl methyl sites for hydroxylation is 3. The van der Waals surface area contributed by atoms with E-state index in [1.807, 2.05) is 32.0 Å². The molecule has 11 heteroatoms. The summed E-state index contributed by atoms with van der Waals surface area (Å²) in [6, 6.07) is 9.23. The largest absolute Gasteiger partial charge is 0.493 e. The molecule has 3 N–H and O–H groups in total. The zero-order valence-electron chi connectivity index (χ0n) is 21.0. The maximum Gasteiger partial charge on any atom is 0.280 e. The van der Waals surface area contributed by atoms with Crippen molar-refractivity contribution in [2.45, 2.75) is 27.3 Å². The first-order valence-corrected chi connectivity index (χ1v) is 11.1. The molecule has 36 heavy (non-hydrogen) atoms. The fourth-order valence-corrected chi connectivity index (χ4v) is 3.78. The first-order valence-electron chi connectivity index (χ1n) is 11.1. The molecule has 0 radical (unpaired) electrons. The van der Waals surface area contributed by atoms with Crippen LogP contribution in [0.1, 0.15) is 33.1 Å². The van der Waals surface area contributed by atoms with Gasteiger partial charge in [-0.3, -0.25) is 4.79 Å². The second-order valence-electron chi connectivity index (χ2n) is 8.19. The van der Waals surface area contributed by atoms with Gasteiger partial charge in [0.2, 0.25) is 11.6 Å². The van der Waals surface area contributed by atoms with Crippen LogP contribution in [0.5, 0.6) is 17.2 Å². The first-order chi connectivity index (χ1) is 17.2. The van der Waals surface area contributed by atoms with E-state index in [0.717, 1.165) is 11.1 Å². The van der Waals surface area contributed by atoms with Crippen molar-refractivity contribution in [1.82, 2.24) is 20.0 Å². The molecule has 1 amide bonds. The SMILES string of the molecule is COc1cc(-c2nc(Cn3nnc(C(=O)Nc4ccc(C)cc4C)c3N)c(C)o2)cc(OC)c1OC. The average molecular weight is 493 g/mol. The van der Waals surface area contributed by atoms with Crippen molar-refractivity contribution in [3.8, 4) is 28.7 Å². The van der Waals surface area contributed by atoms with Crippen molar-refractivity contribution in [3.05, 3.63) is 58.6 Å². The Morgan fingerprint density at radius 3 is 2.36 bits per heavy atom. The van der Waals surface area contributed by atoms with E-state index in [1.54, 1.807) is 19.1 Å². The Balaban J connectivity index is 1.58. The van der Waals surface area contributed by atoms with Crippen molar-refractivity contribution in [2.24, 2.45) is 0 Å². The van der Waals surface area contributed by atoms with E-state index in [2.05, 4.69) is 20.6 Å². The van der Waals surface area contributed by atoms with E-state index in [9.17, 15) is 4.79 Å². The molecule has 0 saturated carbocycles. The number of nitrogen functional groups attached to an aromatic ring is 1. The number of hydrogen-bond donors (Lipinski definition) is 2. The van der Waals surface area contributed by atoms with E-state index in [0.29, 0.717) is 45.8 Å². The fraction of sp³-hybridized carbons (Fsp3) is 0.280. The highest BCUT2D eigenvalue weighted by Crippen LogP contribution is 2.41. The monoisotopic (exact) mass is 492 g/mol. The standard InChI is InChI=1S/C25H28N6O5/c1-13-7-8-17(14(2)9-13)27-24(32)21-23(26)31(30-29-21)12-18-15(3)36-25(28-18)16-10-19(33-4)22(35-6)20(11-16)34-5/h7-11H,12,26H2,1-6H3,(H,27,32). The van der Waals surface area contributed by atoms with Crippen LogP contribution in [0.2, 0.25) is 0 Å². The Morgan fingerprint density at radius 2 is 1.75 bits per heavy atom. The summed E-state index contributed by atoms with van der Waals surface area (Å²) in [5, 5.41) is 10.9. The van der Waals surface area contributed by atoms with Crippen LogP contribution in [-0.4, -0.2) is 47.2 Å². The van der Waals surface area contributed by atoms with Crippen LogP contribution in [0.25, 0.3) is 11.5 Å². The van der Waals surface area contributed by atoms with Gasteiger partial charge in [-0.2, -0.15) is 0 Å². The number of nitrogens with zero attached hydrogens (tertiary/aromatic N) is 4. The summed E-state index contributed by atoms with van der Waals surface area (Å²) in [7, 11) is 4.61. The van der Waals surface area contributed by atoms with Gasteiger partial charge in [0, 0.05) is 11.3 Å².